The predicted octanol–water partition coefficient (Wildman–Crippen LogP) is 4.51. The molecule has 7 heteroatoms. The number of amides is 1. The minimum absolute atomic E-state index is 0.178. The van der Waals surface area contributed by atoms with Gasteiger partial charge in [-0.05, 0) is 44.7 Å². The second kappa shape index (κ2) is 15.5. The Morgan fingerprint density at radius 2 is 2.07 bits per heavy atom. The van der Waals surface area contributed by atoms with E-state index in [9.17, 15) is 4.79 Å². The van der Waals surface area contributed by atoms with Gasteiger partial charge >= 0.3 is 0 Å². The number of pyridine rings is 1. The Morgan fingerprint density at radius 3 is 2.66 bits per heavy atom. The molecule has 1 amide bonds. The largest absolute Gasteiger partial charge is 0.380 e. The van der Waals surface area contributed by atoms with Crippen molar-refractivity contribution >= 4 is 35.1 Å². The molecule has 2 rings (SSSR count). The highest BCUT2D eigenvalue weighted by Crippen LogP contribution is 2.22. The summed E-state index contributed by atoms with van der Waals surface area (Å²) in [6.45, 7) is 15.1. The number of aryl methyl sites for hydroxylation is 1. The smallest absolute Gasteiger partial charge is 0.251 e. The molecule has 0 radical (unpaired) electrons. The molecule has 0 aliphatic carbocycles. The van der Waals surface area contributed by atoms with Crippen LogP contribution in [0.3, 0.4) is 0 Å². The number of aromatic amines is 1. The topological polar surface area (TPSA) is 79.9 Å². The number of nitrogens with one attached hydrogen (secondary N) is 2. The van der Waals surface area contributed by atoms with Gasteiger partial charge in [0.15, 0.2) is 5.65 Å². The summed E-state index contributed by atoms with van der Waals surface area (Å²) in [7, 11) is 0. The van der Waals surface area contributed by atoms with E-state index in [1.54, 1.807) is 24.6 Å². The highest BCUT2D eigenvalue weighted by molar-refractivity contribution is 7.79. The highest BCUT2D eigenvalue weighted by atomic mass is 32.1. The van der Waals surface area contributed by atoms with Crippen molar-refractivity contribution in [3.05, 3.63) is 53.9 Å². The maximum Gasteiger partial charge on any atom is 0.251 e. The number of carbonyl (C=O) groups excluding carboxylic acids is 1. The number of rotatable bonds is 8. The van der Waals surface area contributed by atoms with Gasteiger partial charge in [-0.25, -0.2) is 4.98 Å². The van der Waals surface area contributed by atoms with Crippen molar-refractivity contribution in [2.45, 2.75) is 34.6 Å². The van der Waals surface area contributed by atoms with Crippen LogP contribution < -0.4 is 5.32 Å². The average Bonchev–Trinajstić information content (AvgIpc) is 3.15. The summed E-state index contributed by atoms with van der Waals surface area (Å²) in [6.07, 6.45) is 8.74. The fourth-order valence-corrected chi connectivity index (χ4v) is 2.38. The second-order valence-electron chi connectivity index (χ2n) is 5.44. The van der Waals surface area contributed by atoms with Crippen LogP contribution in [0.4, 0.5) is 0 Å². The predicted molar refractivity (Wildman–Crippen MR) is 126 cm³/mol. The summed E-state index contributed by atoms with van der Waals surface area (Å²) in [6, 6.07) is 2.01. The molecule has 6 nitrogen and oxygen atoms in total. The van der Waals surface area contributed by atoms with Gasteiger partial charge in [-0.1, -0.05) is 32.6 Å². The summed E-state index contributed by atoms with van der Waals surface area (Å²) in [5, 5.41) is 10.8. The summed E-state index contributed by atoms with van der Waals surface area (Å²) in [5.74, 6) is -0.178. The normalized spacial score (nSPS) is 11.1. The molecule has 0 saturated heterocycles. The molecule has 0 unspecified atom stereocenters. The Kier molecular flexibility index (Phi) is 14.3. The molecule has 0 aliphatic rings. The minimum atomic E-state index is -0.178. The number of nitrogens with zero attached hydrogens (tertiary/aromatic N) is 2. The SMILES string of the molecule is C=C/C(=C\C(=C/C)c1cnc2n[nH]c(C)c2c1)C(=O)NCCOCC.CC.CS. The highest BCUT2D eigenvalue weighted by Gasteiger charge is 2.09. The van der Waals surface area contributed by atoms with Crippen molar-refractivity contribution in [2.24, 2.45) is 0 Å². The Morgan fingerprint density at radius 1 is 1.38 bits per heavy atom. The molecule has 0 saturated carbocycles. The Hall–Kier alpha value is -2.38. The lowest BCUT2D eigenvalue weighted by atomic mass is 10.0. The number of fused-ring (bicyclic) bond motifs is 1. The third-order valence-corrected chi connectivity index (χ3v) is 3.77. The van der Waals surface area contributed by atoms with E-state index in [4.69, 9.17) is 4.74 Å². The van der Waals surface area contributed by atoms with E-state index in [1.165, 1.54) is 0 Å². The van der Waals surface area contributed by atoms with Crippen LogP contribution in [0.15, 0.2) is 42.6 Å². The Balaban J connectivity index is 0.00000184. The zero-order valence-electron chi connectivity index (χ0n) is 18.4. The number of ether oxygens (including phenoxy) is 1. The molecule has 2 N–H and O–H groups in total. The van der Waals surface area contributed by atoms with Gasteiger partial charge in [0.2, 0.25) is 0 Å². The standard InChI is InChI=1S/C19H24N4O2.C2H6.CH4S/c1-5-14(10-15(6-2)19(24)20-8-9-25-7-3)16-11-17-13(4)22-23-18(17)21-12-16;2*1-2/h5-6,10-12H,2,7-9H2,1,3-4H3,(H,20,24)(H,21,22,23);1-2H3;2H,1H3/b14-5+,15-10+;;. The zero-order chi connectivity index (χ0) is 22.2. The van der Waals surface area contributed by atoms with Crippen molar-refractivity contribution in [1.82, 2.24) is 20.5 Å². The van der Waals surface area contributed by atoms with Crippen LogP contribution in [0.25, 0.3) is 16.6 Å². The monoisotopic (exact) mass is 418 g/mol. The van der Waals surface area contributed by atoms with Gasteiger partial charge in [-0.15, -0.1) is 0 Å². The fraction of sp³-hybridized carbons (Fsp3) is 0.409. The third-order valence-electron chi connectivity index (χ3n) is 3.77. The van der Waals surface area contributed by atoms with E-state index in [-0.39, 0.29) is 5.91 Å². The van der Waals surface area contributed by atoms with Gasteiger partial charge in [0.05, 0.1) is 6.61 Å². The Bertz CT molecular complexity index is 825. The first-order valence-electron chi connectivity index (χ1n) is 9.72. The van der Waals surface area contributed by atoms with Gasteiger partial charge in [0, 0.05) is 41.6 Å². The molecular formula is C22H34N4O2S. The maximum atomic E-state index is 12.3. The van der Waals surface area contributed by atoms with Gasteiger partial charge in [0.25, 0.3) is 5.91 Å². The van der Waals surface area contributed by atoms with Crippen LogP contribution in [0.1, 0.15) is 39.0 Å². The zero-order valence-corrected chi connectivity index (χ0v) is 19.3. The molecule has 0 spiro atoms. The number of H-pyrrole nitrogens is 1. The first-order chi connectivity index (χ1) is 14.1. The summed E-state index contributed by atoms with van der Waals surface area (Å²) in [5.41, 5.74) is 3.94. The molecule has 0 bridgehead atoms. The van der Waals surface area contributed by atoms with E-state index in [1.807, 2.05) is 46.8 Å². The van der Waals surface area contributed by atoms with E-state index in [0.717, 1.165) is 22.2 Å². The van der Waals surface area contributed by atoms with E-state index < -0.39 is 0 Å². The molecule has 29 heavy (non-hydrogen) atoms. The van der Waals surface area contributed by atoms with Gasteiger partial charge < -0.3 is 10.1 Å². The van der Waals surface area contributed by atoms with Gasteiger partial charge in [-0.3, -0.25) is 9.89 Å². The van der Waals surface area contributed by atoms with Crippen LogP contribution >= 0.6 is 12.6 Å². The number of thiol groups is 1. The van der Waals surface area contributed by atoms with Crippen LogP contribution in [0.5, 0.6) is 0 Å². The van der Waals surface area contributed by atoms with E-state index in [0.29, 0.717) is 31.0 Å². The molecule has 2 heterocycles. The van der Waals surface area contributed by atoms with Crippen LogP contribution in [-0.4, -0.2) is 47.1 Å². The number of aromatic nitrogens is 3. The molecular weight excluding hydrogens is 384 g/mol. The van der Waals surface area contributed by atoms with Crippen molar-refractivity contribution in [3.63, 3.8) is 0 Å². The maximum absolute atomic E-state index is 12.3. The molecule has 2 aromatic rings. The minimum Gasteiger partial charge on any atom is -0.380 e. The first-order valence-corrected chi connectivity index (χ1v) is 10.6. The molecule has 0 aliphatic heterocycles. The lowest BCUT2D eigenvalue weighted by molar-refractivity contribution is -0.117. The summed E-state index contributed by atoms with van der Waals surface area (Å²) < 4.78 is 5.22. The van der Waals surface area contributed by atoms with Gasteiger partial charge in [0.1, 0.15) is 0 Å². The Labute approximate surface area is 179 Å². The van der Waals surface area contributed by atoms with Crippen LogP contribution in [-0.2, 0) is 9.53 Å². The van der Waals surface area contributed by atoms with E-state index in [2.05, 4.69) is 39.7 Å². The molecule has 0 fully saturated rings. The van der Waals surface area contributed by atoms with Crippen molar-refractivity contribution in [3.8, 4) is 0 Å². The lowest BCUT2D eigenvalue weighted by Gasteiger charge is -2.08. The summed E-state index contributed by atoms with van der Waals surface area (Å²) >= 11 is 3.53. The van der Waals surface area contributed by atoms with Crippen molar-refractivity contribution in [2.75, 3.05) is 26.0 Å². The van der Waals surface area contributed by atoms with Crippen molar-refractivity contribution < 1.29 is 9.53 Å². The van der Waals surface area contributed by atoms with E-state index >= 15 is 0 Å². The average molecular weight is 419 g/mol. The molecule has 0 atom stereocenters. The number of carbonyl (C=O) groups is 1. The number of hydrogen-bond donors (Lipinski definition) is 3. The summed E-state index contributed by atoms with van der Waals surface area (Å²) in [4.78, 5) is 16.6. The van der Waals surface area contributed by atoms with Crippen LogP contribution in [0.2, 0.25) is 0 Å². The van der Waals surface area contributed by atoms with Crippen molar-refractivity contribution in [1.29, 1.82) is 0 Å². The fourth-order valence-electron chi connectivity index (χ4n) is 2.38. The molecule has 160 valence electrons. The third kappa shape index (κ3) is 8.25. The second-order valence-corrected chi connectivity index (χ2v) is 5.44. The van der Waals surface area contributed by atoms with Crippen LogP contribution in [0, 0.1) is 6.92 Å². The van der Waals surface area contributed by atoms with Gasteiger partial charge in [-0.2, -0.15) is 17.7 Å². The quantitative estimate of drug-likeness (QED) is 0.255. The number of allylic oxidation sites excluding steroid dienone is 3. The molecule has 0 aromatic carbocycles. The molecule has 2 aromatic heterocycles. The lowest BCUT2D eigenvalue weighted by Crippen LogP contribution is -2.28. The first kappa shape index (κ1) is 26.6. The number of hydrogen-bond acceptors (Lipinski definition) is 5.